The third-order valence-electron chi connectivity index (χ3n) is 11.8. The van der Waals surface area contributed by atoms with Crippen LogP contribution in [0.2, 0.25) is 0 Å². The number of aliphatic hydroxyl groups excluding tert-OH is 2. The molecule has 342 valence electrons. The first kappa shape index (κ1) is 56.3. The van der Waals surface area contributed by atoms with E-state index >= 15 is 0 Å². The summed E-state index contributed by atoms with van der Waals surface area (Å²) in [5.41, 5.74) is 0. The molecule has 0 heterocycles. The number of esters is 1. The Bertz CT molecular complexity index is 904. The third-order valence-corrected chi connectivity index (χ3v) is 11.8. The molecule has 0 aromatic rings. The molecule has 2 atom stereocenters. The minimum Gasteiger partial charge on any atom is -0.466 e. The highest BCUT2D eigenvalue weighted by molar-refractivity contribution is 5.76. The number of ether oxygens (including phenoxy) is 1. The number of hydrogen-bond donors (Lipinski definition) is 3. The summed E-state index contributed by atoms with van der Waals surface area (Å²) in [7, 11) is 0. The summed E-state index contributed by atoms with van der Waals surface area (Å²) in [6.45, 7) is 4.89. The summed E-state index contributed by atoms with van der Waals surface area (Å²) >= 11 is 0. The van der Waals surface area contributed by atoms with E-state index in [9.17, 15) is 19.8 Å². The predicted molar refractivity (Wildman–Crippen MR) is 250 cm³/mol. The van der Waals surface area contributed by atoms with Gasteiger partial charge in [-0.2, -0.15) is 0 Å². The van der Waals surface area contributed by atoms with Gasteiger partial charge < -0.3 is 20.3 Å². The number of nitrogens with one attached hydrogen (secondary N) is 1. The summed E-state index contributed by atoms with van der Waals surface area (Å²) < 4.78 is 5.45. The molecule has 0 aromatic carbocycles. The van der Waals surface area contributed by atoms with Gasteiger partial charge in [-0.1, -0.05) is 237 Å². The van der Waals surface area contributed by atoms with Crippen molar-refractivity contribution in [1.29, 1.82) is 0 Å². The second-order valence-corrected chi connectivity index (χ2v) is 17.5. The minimum absolute atomic E-state index is 0.0144. The van der Waals surface area contributed by atoms with Crippen LogP contribution in [-0.2, 0) is 14.3 Å². The Morgan fingerprint density at radius 2 is 0.879 bits per heavy atom. The first-order valence-electron chi connectivity index (χ1n) is 25.6. The van der Waals surface area contributed by atoms with Gasteiger partial charge in [0.2, 0.25) is 5.91 Å². The molecule has 0 saturated heterocycles. The van der Waals surface area contributed by atoms with Crippen LogP contribution in [0, 0.1) is 0 Å². The average Bonchev–Trinajstić information content (AvgIpc) is 3.22. The highest BCUT2D eigenvalue weighted by Gasteiger charge is 2.19. The highest BCUT2D eigenvalue weighted by atomic mass is 16.5. The van der Waals surface area contributed by atoms with E-state index in [2.05, 4.69) is 37.4 Å². The maximum atomic E-state index is 12.4. The Labute approximate surface area is 361 Å². The van der Waals surface area contributed by atoms with Crippen LogP contribution in [0.25, 0.3) is 0 Å². The summed E-state index contributed by atoms with van der Waals surface area (Å²) in [6, 6.07) is -0.584. The van der Waals surface area contributed by atoms with Gasteiger partial charge in [0.25, 0.3) is 0 Å². The molecule has 0 saturated carbocycles. The van der Waals surface area contributed by atoms with Crippen molar-refractivity contribution in [2.24, 2.45) is 0 Å². The zero-order valence-corrected chi connectivity index (χ0v) is 38.8. The van der Waals surface area contributed by atoms with Crippen molar-refractivity contribution >= 4 is 11.9 Å². The van der Waals surface area contributed by atoms with Crippen LogP contribution in [0.3, 0.4) is 0 Å². The quantitative estimate of drug-likeness (QED) is 0.0323. The molecule has 6 nitrogen and oxygen atoms in total. The van der Waals surface area contributed by atoms with Crippen molar-refractivity contribution in [1.82, 2.24) is 5.32 Å². The molecule has 58 heavy (non-hydrogen) atoms. The van der Waals surface area contributed by atoms with E-state index < -0.39 is 12.1 Å². The number of allylic oxidation sites excluding steroid dienone is 4. The molecular weight excluding hydrogens is 719 g/mol. The predicted octanol–water partition coefficient (Wildman–Crippen LogP) is 15.1. The standard InChI is InChI=1S/C52H99NO5/c1-3-5-7-9-11-13-15-17-18-22-26-30-34-38-42-46-52(57)58-47-43-39-35-31-27-23-19-21-25-29-33-37-41-45-51(56)53-49(48-54)50(55)44-40-36-32-28-24-20-16-14-12-10-8-6-4-2/h21,25,33,37,49-50,54-55H,3-20,22-24,26-32,34-36,38-48H2,1-2H3,(H,53,56)/b25-21-,37-33-. The lowest BCUT2D eigenvalue weighted by Crippen LogP contribution is -2.45. The van der Waals surface area contributed by atoms with Crippen molar-refractivity contribution < 1.29 is 24.5 Å². The van der Waals surface area contributed by atoms with Gasteiger partial charge in [0.05, 0.1) is 25.4 Å². The van der Waals surface area contributed by atoms with Crippen LogP contribution in [0.4, 0.5) is 0 Å². The Hall–Kier alpha value is -1.66. The Balaban J connectivity index is 3.53. The number of hydrogen-bond acceptors (Lipinski definition) is 5. The molecule has 0 fully saturated rings. The fourth-order valence-electron chi connectivity index (χ4n) is 7.81. The molecule has 3 N–H and O–H groups in total. The van der Waals surface area contributed by atoms with Crippen molar-refractivity contribution in [2.75, 3.05) is 13.2 Å². The molecule has 0 aliphatic rings. The Morgan fingerprint density at radius 1 is 0.483 bits per heavy atom. The fraction of sp³-hybridized carbons (Fsp3) is 0.885. The lowest BCUT2D eigenvalue weighted by Gasteiger charge is -2.22. The van der Waals surface area contributed by atoms with E-state index in [1.807, 2.05) is 6.08 Å². The lowest BCUT2D eigenvalue weighted by atomic mass is 10.0. The zero-order valence-electron chi connectivity index (χ0n) is 38.8. The Morgan fingerprint density at radius 3 is 1.34 bits per heavy atom. The summed E-state index contributed by atoms with van der Waals surface area (Å²) in [5.74, 6) is -0.130. The molecule has 6 heteroatoms. The van der Waals surface area contributed by atoms with Gasteiger partial charge >= 0.3 is 5.97 Å². The van der Waals surface area contributed by atoms with Crippen molar-refractivity contribution in [3.63, 3.8) is 0 Å². The molecule has 0 spiro atoms. The first-order valence-corrected chi connectivity index (χ1v) is 25.6. The number of carbonyl (C=O) groups is 2. The topological polar surface area (TPSA) is 95.9 Å². The molecule has 0 bridgehead atoms. The summed E-state index contributed by atoms with van der Waals surface area (Å²) in [4.78, 5) is 24.4. The summed E-state index contributed by atoms with van der Waals surface area (Å²) in [5, 5.41) is 23.1. The molecule has 0 aromatic heterocycles. The van der Waals surface area contributed by atoms with Gasteiger partial charge in [-0.25, -0.2) is 0 Å². The lowest BCUT2D eigenvalue weighted by molar-refractivity contribution is -0.143. The van der Waals surface area contributed by atoms with Crippen LogP contribution < -0.4 is 5.32 Å². The van der Waals surface area contributed by atoms with Crippen LogP contribution >= 0.6 is 0 Å². The van der Waals surface area contributed by atoms with Crippen molar-refractivity contribution in [2.45, 2.75) is 283 Å². The third kappa shape index (κ3) is 43.9. The highest BCUT2D eigenvalue weighted by Crippen LogP contribution is 2.16. The molecule has 0 radical (unpaired) electrons. The van der Waals surface area contributed by atoms with Gasteiger partial charge in [-0.15, -0.1) is 0 Å². The fourth-order valence-corrected chi connectivity index (χ4v) is 7.81. The van der Waals surface area contributed by atoms with Crippen LogP contribution in [0.1, 0.15) is 271 Å². The van der Waals surface area contributed by atoms with Crippen LogP contribution in [0.15, 0.2) is 24.3 Å². The number of amides is 1. The van der Waals surface area contributed by atoms with E-state index in [1.165, 1.54) is 180 Å². The van der Waals surface area contributed by atoms with Gasteiger partial charge in [-0.3, -0.25) is 9.59 Å². The second-order valence-electron chi connectivity index (χ2n) is 17.5. The van der Waals surface area contributed by atoms with Crippen molar-refractivity contribution in [3.8, 4) is 0 Å². The molecule has 1 amide bonds. The van der Waals surface area contributed by atoms with Gasteiger partial charge in [0.1, 0.15) is 0 Å². The molecule has 0 aliphatic heterocycles. The maximum Gasteiger partial charge on any atom is 0.305 e. The van der Waals surface area contributed by atoms with Crippen LogP contribution in [0.5, 0.6) is 0 Å². The molecule has 0 aliphatic carbocycles. The molecular formula is C52H99NO5. The minimum atomic E-state index is -0.697. The van der Waals surface area contributed by atoms with E-state index in [0.717, 1.165) is 51.4 Å². The SMILES string of the molecule is CCCCCCCCCCCCCCCCCC(=O)OCCCCCCCC/C=C\C/C=C\CCC(=O)NC(CO)C(O)CCCCCCCCCCCCCCC. The number of unbranched alkanes of at least 4 members (excludes halogenated alkanes) is 32. The number of carbonyl (C=O) groups excluding carboxylic acids is 2. The van der Waals surface area contributed by atoms with Gasteiger partial charge in [0.15, 0.2) is 0 Å². The largest absolute Gasteiger partial charge is 0.466 e. The molecule has 0 rings (SSSR count). The van der Waals surface area contributed by atoms with E-state index in [1.54, 1.807) is 0 Å². The number of aliphatic hydroxyl groups is 2. The van der Waals surface area contributed by atoms with E-state index in [4.69, 9.17) is 4.74 Å². The average molecular weight is 818 g/mol. The van der Waals surface area contributed by atoms with Crippen LogP contribution in [-0.4, -0.2) is 47.4 Å². The van der Waals surface area contributed by atoms with Gasteiger partial charge in [-0.05, 0) is 44.9 Å². The second kappa shape index (κ2) is 48.0. The molecule has 2 unspecified atom stereocenters. The smallest absolute Gasteiger partial charge is 0.305 e. The first-order chi connectivity index (χ1) is 28.5. The maximum absolute atomic E-state index is 12.4. The summed E-state index contributed by atoms with van der Waals surface area (Å²) in [6.07, 6.45) is 55.9. The van der Waals surface area contributed by atoms with E-state index in [-0.39, 0.29) is 18.5 Å². The zero-order chi connectivity index (χ0) is 42.3. The normalized spacial score (nSPS) is 12.8. The monoisotopic (exact) mass is 818 g/mol. The number of rotatable bonds is 47. The van der Waals surface area contributed by atoms with Gasteiger partial charge in [0, 0.05) is 12.8 Å². The van der Waals surface area contributed by atoms with E-state index in [0.29, 0.717) is 32.3 Å². The Kier molecular flexibility index (Phi) is 46.6. The van der Waals surface area contributed by atoms with Crippen molar-refractivity contribution in [3.05, 3.63) is 24.3 Å².